The van der Waals surface area contributed by atoms with E-state index in [4.69, 9.17) is 0 Å². The summed E-state index contributed by atoms with van der Waals surface area (Å²) in [7, 11) is -0.342. The van der Waals surface area contributed by atoms with Crippen molar-refractivity contribution in [1.29, 1.82) is 0 Å². The maximum Gasteiger partial charge on any atom is 0.223 e. The predicted octanol–water partition coefficient (Wildman–Crippen LogP) is 1.98. The zero-order valence-electron chi connectivity index (χ0n) is 14.3. The summed E-state index contributed by atoms with van der Waals surface area (Å²) in [6.45, 7) is 4.80. The van der Waals surface area contributed by atoms with Gasteiger partial charge in [0.1, 0.15) is 0 Å². The van der Waals surface area contributed by atoms with E-state index in [1.54, 1.807) is 0 Å². The average molecular weight is 338 g/mol. The molecule has 2 rings (SSSR count). The highest BCUT2D eigenvalue weighted by molar-refractivity contribution is 7.89. The van der Waals surface area contributed by atoms with E-state index in [1.807, 2.05) is 24.0 Å². The standard InChI is InChI=1S/C17H26N2O3S/c1-13-7-5-6-8-16(13)15-11-14(2)19(12-15)17(20)9-10-23(21,22)18(3)4/h5-8,14-15H,9-12H2,1-4H3/t14-,15-/m1/s1. The first-order valence-electron chi connectivity index (χ1n) is 7.97. The Morgan fingerprint density at radius 3 is 2.57 bits per heavy atom. The topological polar surface area (TPSA) is 57.7 Å². The molecule has 0 aromatic heterocycles. The second-order valence-electron chi connectivity index (χ2n) is 6.53. The van der Waals surface area contributed by atoms with Gasteiger partial charge < -0.3 is 4.90 Å². The fraction of sp³-hybridized carbons (Fsp3) is 0.588. The molecule has 1 fully saturated rings. The van der Waals surface area contributed by atoms with Crippen LogP contribution in [-0.4, -0.2) is 56.0 Å². The number of aryl methyl sites for hydroxylation is 1. The molecule has 5 nitrogen and oxygen atoms in total. The molecule has 1 aliphatic rings. The van der Waals surface area contributed by atoms with Gasteiger partial charge in [0.25, 0.3) is 0 Å². The normalized spacial score (nSPS) is 21.9. The van der Waals surface area contributed by atoms with E-state index in [0.29, 0.717) is 12.5 Å². The molecule has 6 heteroatoms. The summed E-state index contributed by atoms with van der Waals surface area (Å²) in [4.78, 5) is 14.3. The first kappa shape index (κ1) is 17.9. The van der Waals surface area contributed by atoms with E-state index >= 15 is 0 Å². The smallest absolute Gasteiger partial charge is 0.223 e. The number of sulfonamides is 1. The van der Waals surface area contributed by atoms with Gasteiger partial charge in [-0.3, -0.25) is 4.79 Å². The Kier molecular flexibility index (Phi) is 5.47. The lowest BCUT2D eigenvalue weighted by atomic mass is 9.93. The SMILES string of the molecule is Cc1ccccc1[C@@H]1C[C@@H](C)N(C(=O)CCS(=O)(=O)N(C)C)C1. The van der Waals surface area contributed by atoms with E-state index < -0.39 is 10.0 Å². The molecular formula is C17H26N2O3S. The van der Waals surface area contributed by atoms with Gasteiger partial charge in [0.2, 0.25) is 15.9 Å². The van der Waals surface area contributed by atoms with Crippen molar-refractivity contribution in [2.75, 3.05) is 26.4 Å². The first-order chi connectivity index (χ1) is 10.7. The van der Waals surface area contributed by atoms with E-state index in [1.165, 1.54) is 29.5 Å². The molecular weight excluding hydrogens is 312 g/mol. The van der Waals surface area contributed by atoms with Gasteiger partial charge in [0, 0.05) is 39.0 Å². The van der Waals surface area contributed by atoms with Crippen LogP contribution in [-0.2, 0) is 14.8 Å². The molecule has 1 aliphatic heterocycles. The monoisotopic (exact) mass is 338 g/mol. The highest BCUT2D eigenvalue weighted by Crippen LogP contribution is 2.33. The summed E-state index contributed by atoms with van der Waals surface area (Å²) in [5, 5.41) is 0. The molecule has 2 atom stereocenters. The van der Waals surface area contributed by atoms with E-state index in [0.717, 1.165) is 6.42 Å². The highest BCUT2D eigenvalue weighted by Gasteiger charge is 2.34. The summed E-state index contributed by atoms with van der Waals surface area (Å²) in [6, 6.07) is 8.41. The van der Waals surface area contributed by atoms with Crippen molar-refractivity contribution in [3.05, 3.63) is 35.4 Å². The highest BCUT2D eigenvalue weighted by atomic mass is 32.2. The van der Waals surface area contributed by atoms with Crippen molar-refractivity contribution >= 4 is 15.9 Å². The minimum absolute atomic E-state index is 0.0470. The van der Waals surface area contributed by atoms with Gasteiger partial charge in [0.05, 0.1) is 5.75 Å². The zero-order valence-corrected chi connectivity index (χ0v) is 15.1. The third kappa shape index (κ3) is 4.12. The molecule has 0 N–H and O–H groups in total. The van der Waals surface area contributed by atoms with Crippen molar-refractivity contribution in [2.24, 2.45) is 0 Å². The molecule has 1 heterocycles. The quantitative estimate of drug-likeness (QED) is 0.825. The van der Waals surface area contributed by atoms with Gasteiger partial charge in [-0.2, -0.15) is 0 Å². The molecule has 128 valence electrons. The molecule has 0 radical (unpaired) electrons. The van der Waals surface area contributed by atoms with Crippen LogP contribution in [0.3, 0.4) is 0 Å². The number of rotatable bonds is 5. The Labute approximate surface area is 139 Å². The summed E-state index contributed by atoms with van der Waals surface area (Å²) in [6.07, 6.45) is 0.975. The number of benzene rings is 1. The Hall–Kier alpha value is -1.40. The maximum atomic E-state index is 12.4. The molecule has 1 amide bonds. The van der Waals surface area contributed by atoms with Crippen molar-refractivity contribution in [2.45, 2.75) is 38.6 Å². The van der Waals surface area contributed by atoms with E-state index in [9.17, 15) is 13.2 Å². The summed E-state index contributed by atoms with van der Waals surface area (Å²) >= 11 is 0. The fourth-order valence-electron chi connectivity index (χ4n) is 3.19. The van der Waals surface area contributed by atoms with Crippen LogP contribution in [0.2, 0.25) is 0 Å². The number of hydrogen-bond acceptors (Lipinski definition) is 3. The Morgan fingerprint density at radius 2 is 1.96 bits per heavy atom. The van der Waals surface area contributed by atoms with E-state index in [-0.39, 0.29) is 24.1 Å². The second-order valence-corrected chi connectivity index (χ2v) is 8.84. The lowest BCUT2D eigenvalue weighted by molar-refractivity contribution is -0.131. The Balaban J connectivity index is 2.02. The number of hydrogen-bond donors (Lipinski definition) is 0. The van der Waals surface area contributed by atoms with Gasteiger partial charge in [-0.05, 0) is 31.4 Å². The maximum absolute atomic E-state index is 12.4. The Bertz CT molecular complexity index is 670. The molecule has 0 unspecified atom stereocenters. The van der Waals surface area contributed by atoms with Gasteiger partial charge in [-0.25, -0.2) is 12.7 Å². The van der Waals surface area contributed by atoms with Crippen LogP contribution in [0.4, 0.5) is 0 Å². The van der Waals surface area contributed by atoms with Gasteiger partial charge in [0.15, 0.2) is 0 Å². The second kappa shape index (κ2) is 7.01. The Morgan fingerprint density at radius 1 is 1.30 bits per heavy atom. The van der Waals surface area contributed by atoms with Crippen molar-refractivity contribution in [1.82, 2.24) is 9.21 Å². The summed E-state index contributed by atoms with van der Waals surface area (Å²) in [5.41, 5.74) is 2.53. The summed E-state index contributed by atoms with van der Waals surface area (Å²) < 4.78 is 24.8. The molecule has 1 aromatic carbocycles. The molecule has 0 saturated carbocycles. The lowest BCUT2D eigenvalue weighted by Gasteiger charge is -2.22. The van der Waals surface area contributed by atoms with Crippen molar-refractivity contribution in [3.8, 4) is 0 Å². The minimum atomic E-state index is -3.33. The van der Waals surface area contributed by atoms with Crippen LogP contribution in [0.1, 0.15) is 36.8 Å². The van der Waals surface area contributed by atoms with Crippen LogP contribution >= 0.6 is 0 Å². The summed E-state index contributed by atoms with van der Waals surface area (Å²) in [5.74, 6) is 0.136. The minimum Gasteiger partial charge on any atom is -0.339 e. The fourth-order valence-corrected chi connectivity index (χ4v) is 3.99. The number of nitrogens with zero attached hydrogens (tertiary/aromatic N) is 2. The predicted molar refractivity (Wildman–Crippen MR) is 91.8 cm³/mol. The van der Waals surface area contributed by atoms with Crippen LogP contribution in [0.25, 0.3) is 0 Å². The zero-order chi connectivity index (χ0) is 17.2. The van der Waals surface area contributed by atoms with Crippen LogP contribution in [0.5, 0.6) is 0 Å². The average Bonchev–Trinajstić information content (AvgIpc) is 2.87. The first-order valence-corrected chi connectivity index (χ1v) is 9.58. The largest absolute Gasteiger partial charge is 0.339 e. The lowest BCUT2D eigenvalue weighted by Crippen LogP contribution is -2.36. The third-order valence-electron chi connectivity index (χ3n) is 4.65. The molecule has 23 heavy (non-hydrogen) atoms. The van der Waals surface area contributed by atoms with Gasteiger partial charge in [-0.1, -0.05) is 24.3 Å². The van der Waals surface area contributed by atoms with Gasteiger partial charge in [-0.15, -0.1) is 0 Å². The van der Waals surface area contributed by atoms with Gasteiger partial charge >= 0.3 is 0 Å². The van der Waals surface area contributed by atoms with Crippen molar-refractivity contribution in [3.63, 3.8) is 0 Å². The number of amides is 1. The number of carbonyl (C=O) groups is 1. The molecule has 0 bridgehead atoms. The third-order valence-corrected chi connectivity index (χ3v) is 6.49. The van der Waals surface area contributed by atoms with Crippen LogP contribution in [0.15, 0.2) is 24.3 Å². The van der Waals surface area contributed by atoms with Crippen LogP contribution < -0.4 is 0 Å². The van der Waals surface area contributed by atoms with Crippen LogP contribution in [0, 0.1) is 6.92 Å². The molecule has 1 saturated heterocycles. The van der Waals surface area contributed by atoms with Crippen molar-refractivity contribution < 1.29 is 13.2 Å². The molecule has 0 spiro atoms. The molecule has 1 aromatic rings. The molecule has 0 aliphatic carbocycles. The van der Waals surface area contributed by atoms with E-state index in [2.05, 4.69) is 19.1 Å². The number of carbonyl (C=O) groups excluding carboxylic acids is 1. The number of likely N-dealkylation sites (tertiary alicyclic amines) is 1.